The highest BCUT2D eigenvalue weighted by atomic mass is 28.4. The van der Waals surface area contributed by atoms with Crippen LogP contribution in [0.2, 0.25) is 18.1 Å². The molecule has 3 rings (SSSR count). The second kappa shape index (κ2) is 11.2. The van der Waals surface area contributed by atoms with Gasteiger partial charge in [0.2, 0.25) is 0 Å². The van der Waals surface area contributed by atoms with Gasteiger partial charge in [-0.1, -0.05) is 62.3 Å². The number of aromatic nitrogens is 1. The summed E-state index contributed by atoms with van der Waals surface area (Å²) in [7, 11) is -2.03. The van der Waals surface area contributed by atoms with Crippen molar-refractivity contribution in [2.45, 2.75) is 70.7 Å². The summed E-state index contributed by atoms with van der Waals surface area (Å²) in [5.41, 5.74) is 2.22. The average Bonchev–Trinajstić information content (AvgIpc) is 3.34. The number of carbonyl (C=O) groups is 1. The Bertz CT molecular complexity index is 1190. The molecule has 1 aromatic heterocycles. The van der Waals surface area contributed by atoms with Gasteiger partial charge in [-0.15, -0.1) is 0 Å². The molecule has 0 aliphatic rings. The van der Waals surface area contributed by atoms with Crippen molar-refractivity contribution in [1.29, 1.82) is 0 Å². The number of nitrogens with one attached hydrogen (secondary N) is 1. The van der Waals surface area contributed by atoms with Crippen LogP contribution in [0, 0.1) is 5.82 Å². The Hall–Kier alpha value is -2.89. The van der Waals surface area contributed by atoms with E-state index in [9.17, 15) is 19.5 Å². The van der Waals surface area contributed by atoms with Crippen LogP contribution in [-0.4, -0.2) is 35.3 Å². The molecule has 2 atom stereocenters. The molecule has 37 heavy (non-hydrogen) atoms. The molecule has 3 N–H and O–H groups in total. The number of hydrogen-bond acceptors (Lipinski definition) is 7. The predicted octanol–water partition coefficient (Wildman–Crippen LogP) is 5.52. The smallest absolute Gasteiger partial charge is 0.278 e. The molecule has 0 radical (unpaired) electrons. The van der Waals surface area contributed by atoms with Gasteiger partial charge in [-0.3, -0.25) is 10.0 Å². The number of nitrogens with zero attached hydrogens (tertiary/aromatic N) is 1. The molecule has 1 heterocycles. The van der Waals surface area contributed by atoms with Gasteiger partial charge in [0, 0.05) is 6.07 Å². The Balaban J connectivity index is 1.71. The molecule has 8 nitrogen and oxygen atoms in total. The van der Waals surface area contributed by atoms with Crippen molar-refractivity contribution in [2.75, 3.05) is 0 Å². The lowest BCUT2D eigenvalue weighted by molar-refractivity contribution is -0.174. The molecule has 0 saturated carbocycles. The minimum Gasteiger partial charge on any atom is -0.409 e. The number of halogens is 1. The predicted molar refractivity (Wildman–Crippen MR) is 138 cm³/mol. The number of benzene rings is 2. The third-order valence-electron chi connectivity index (χ3n) is 6.98. The largest absolute Gasteiger partial charge is 0.409 e. The first-order valence-electron chi connectivity index (χ1n) is 12.0. The van der Waals surface area contributed by atoms with E-state index in [-0.39, 0.29) is 29.8 Å². The van der Waals surface area contributed by atoms with Crippen LogP contribution in [-0.2, 0) is 27.2 Å². The molecule has 0 aliphatic carbocycles. The Morgan fingerprint density at radius 3 is 2.16 bits per heavy atom. The van der Waals surface area contributed by atoms with Crippen LogP contribution in [0.3, 0.4) is 0 Å². The monoisotopic (exact) mass is 530 g/mol. The summed E-state index contributed by atoms with van der Waals surface area (Å²) in [6.07, 6.45) is -1.54. The van der Waals surface area contributed by atoms with E-state index in [0.717, 1.165) is 16.7 Å². The lowest BCUT2D eigenvalue weighted by Gasteiger charge is -2.35. The molecule has 0 bridgehead atoms. The molecule has 200 valence electrons. The second-order valence-corrected chi connectivity index (χ2v) is 15.5. The third-order valence-corrected chi connectivity index (χ3v) is 11.5. The van der Waals surface area contributed by atoms with E-state index < -0.39 is 25.9 Å². The highest BCUT2D eigenvalue weighted by Crippen LogP contribution is 2.37. The summed E-state index contributed by atoms with van der Waals surface area (Å²) in [5.74, 6) is -0.844. The molecule has 0 fully saturated rings. The van der Waals surface area contributed by atoms with Gasteiger partial charge < -0.3 is 18.8 Å². The van der Waals surface area contributed by atoms with Crippen molar-refractivity contribution in [3.63, 3.8) is 0 Å². The van der Waals surface area contributed by atoms with E-state index in [1.54, 1.807) is 29.7 Å². The van der Waals surface area contributed by atoms with Crippen molar-refractivity contribution in [2.24, 2.45) is 0 Å². The first kappa shape index (κ1) is 28.7. The van der Waals surface area contributed by atoms with Crippen molar-refractivity contribution in [1.82, 2.24) is 10.6 Å². The van der Waals surface area contributed by atoms with Gasteiger partial charge in [-0.05, 0) is 53.9 Å². The standard InChI is InChI=1S/C27H35FN2O6Si/c1-26(2,3)37(5,6)35-17-22-15-23(30-36-22)24(31)27(4,25(32)29-33)34-16-18-7-9-19(10-8-18)20-11-13-21(28)14-12-20/h7-15,24,31,33H,16-17H2,1-6H3,(H,29,32)/t24-,27-/m0/s1. The zero-order valence-electron chi connectivity index (χ0n) is 22.0. The van der Waals surface area contributed by atoms with Gasteiger partial charge in [0.25, 0.3) is 5.91 Å². The average molecular weight is 531 g/mol. The Labute approximate surface area is 217 Å². The van der Waals surface area contributed by atoms with Crippen LogP contribution in [0.25, 0.3) is 11.1 Å². The van der Waals surface area contributed by atoms with Crippen molar-refractivity contribution < 1.29 is 33.2 Å². The molecular weight excluding hydrogens is 495 g/mol. The fraction of sp³-hybridized carbons (Fsp3) is 0.407. The second-order valence-electron chi connectivity index (χ2n) is 10.7. The fourth-order valence-corrected chi connectivity index (χ4v) is 4.26. The van der Waals surface area contributed by atoms with Crippen LogP contribution in [0.4, 0.5) is 4.39 Å². The summed E-state index contributed by atoms with van der Waals surface area (Å²) >= 11 is 0. The van der Waals surface area contributed by atoms with E-state index in [4.69, 9.17) is 13.7 Å². The van der Waals surface area contributed by atoms with Gasteiger partial charge in [-0.2, -0.15) is 0 Å². The maximum Gasteiger partial charge on any atom is 0.278 e. The summed E-state index contributed by atoms with van der Waals surface area (Å²) in [4.78, 5) is 12.6. The molecule has 10 heteroatoms. The number of ether oxygens (including phenoxy) is 1. The van der Waals surface area contributed by atoms with Crippen molar-refractivity contribution in [3.8, 4) is 11.1 Å². The Kier molecular flexibility index (Phi) is 8.71. The molecule has 0 saturated heterocycles. The molecular formula is C27H35FN2O6Si. The quantitative estimate of drug-likeness (QED) is 0.180. The van der Waals surface area contributed by atoms with Crippen LogP contribution >= 0.6 is 0 Å². The fourth-order valence-electron chi connectivity index (χ4n) is 3.32. The number of aliphatic hydroxyl groups excluding tert-OH is 1. The zero-order valence-corrected chi connectivity index (χ0v) is 23.0. The van der Waals surface area contributed by atoms with Gasteiger partial charge >= 0.3 is 0 Å². The lowest BCUT2D eigenvalue weighted by Crippen LogP contribution is -2.50. The van der Waals surface area contributed by atoms with E-state index in [2.05, 4.69) is 39.0 Å². The molecule has 0 unspecified atom stereocenters. The zero-order chi connectivity index (χ0) is 27.4. The Morgan fingerprint density at radius 2 is 1.62 bits per heavy atom. The highest BCUT2D eigenvalue weighted by Gasteiger charge is 2.45. The third kappa shape index (κ3) is 6.71. The molecule has 0 aliphatic heterocycles. The summed E-state index contributed by atoms with van der Waals surface area (Å²) in [6, 6.07) is 15.0. The minimum absolute atomic E-state index is 0.0121. The topological polar surface area (TPSA) is 114 Å². The normalized spacial score (nSPS) is 14.7. The number of hydrogen-bond donors (Lipinski definition) is 3. The van der Waals surface area contributed by atoms with Crippen molar-refractivity contribution in [3.05, 3.63) is 77.4 Å². The summed E-state index contributed by atoms with van der Waals surface area (Å²) in [6.45, 7) is 12.1. The van der Waals surface area contributed by atoms with E-state index >= 15 is 0 Å². The summed E-state index contributed by atoms with van der Waals surface area (Å²) in [5, 5.41) is 24.3. The highest BCUT2D eigenvalue weighted by molar-refractivity contribution is 6.74. The van der Waals surface area contributed by atoms with Crippen LogP contribution in [0.5, 0.6) is 0 Å². The van der Waals surface area contributed by atoms with Gasteiger partial charge in [-0.25, -0.2) is 9.87 Å². The van der Waals surface area contributed by atoms with Gasteiger partial charge in [0.15, 0.2) is 19.7 Å². The Morgan fingerprint density at radius 1 is 1.05 bits per heavy atom. The molecule has 0 spiro atoms. The van der Waals surface area contributed by atoms with Crippen LogP contribution in [0.1, 0.15) is 50.8 Å². The number of rotatable bonds is 10. The summed E-state index contributed by atoms with van der Waals surface area (Å²) < 4.78 is 30.5. The van der Waals surface area contributed by atoms with Gasteiger partial charge in [0.1, 0.15) is 17.6 Å². The maximum absolute atomic E-state index is 13.2. The molecule has 3 aromatic rings. The van der Waals surface area contributed by atoms with E-state index in [1.165, 1.54) is 25.1 Å². The SMILES string of the molecule is CC(C)(C)[Si](C)(C)OCc1cc([C@H](O)[C@](C)(OCc2ccc(-c3ccc(F)cc3)cc2)C(=O)NO)no1. The maximum atomic E-state index is 13.2. The van der Waals surface area contributed by atoms with Gasteiger partial charge in [0.05, 0.1) is 13.2 Å². The van der Waals surface area contributed by atoms with Crippen molar-refractivity contribution >= 4 is 14.2 Å². The first-order chi connectivity index (χ1) is 17.3. The number of carbonyl (C=O) groups excluding carboxylic acids is 1. The number of amides is 1. The number of hydroxylamine groups is 1. The van der Waals surface area contributed by atoms with E-state index in [0.29, 0.717) is 5.76 Å². The van der Waals surface area contributed by atoms with E-state index in [1.807, 2.05) is 12.1 Å². The minimum atomic E-state index is -2.03. The molecule has 1 amide bonds. The first-order valence-corrected chi connectivity index (χ1v) is 14.9. The van der Waals surface area contributed by atoms with Crippen LogP contribution < -0.4 is 5.48 Å². The lowest BCUT2D eigenvalue weighted by atomic mass is 9.95. The number of aliphatic hydroxyl groups is 1. The molecule has 2 aromatic carbocycles. The van der Waals surface area contributed by atoms with Crippen LogP contribution in [0.15, 0.2) is 59.1 Å².